The van der Waals surface area contributed by atoms with E-state index in [4.69, 9.17) is 4.74 Å². The van der Waals surface area contributed by atoms with Crippen LogP contribution in [-0.2, 0) is 42.2 Å². The Kier molecular flexibility index (Phi) is 11.8. The van der Waals surface area contributed by atoms with E-state index in [-0.39, 0.29) is 62.5 Å². The molecule has 1 radical (unpaired) electrons. The number of Topliss-reactive ketones (excluding diaryl/α,β-unsaturated/α-hetero) is 2. The van der Waals surface area contributed by atoms with Crippen LogP contribution in [0.2, 0.25) is 0 Å². The molecule has 1 N–H and O–H groups in total. The Bertz CT molecular complexity index is 584. The van der Waals surface area contributed by atoms with Gasteiger partial charge in [-0.15, -0.1) is 0 Å². The van der Waals surface area contributed by atoms with Crippen LogP contribution in [-0.4, -0.2) is 36.0 Å². The molecule has 0 spiro atoms. The van der Waals surface area contributed by atoms with Crippen LogP contribution < -0.4 is 0 Å². The van der Waals surface area contributed by atoms with E-state index in [1.54, 1.807) is 0 Å². The van der Waals surface area contributed by atoms with Crippen LogP contribution >= 0.6 is 0 Å². The van der Waals surface area contributed by atoms with E-state index >= 15 is 0 Å². The molecule has 1 aromatic rings. The average Bonchev–Trinajstić information content (AvgIpc) is 2.92. The average molecular weight is 448 g/mol. The minimum absolute atomic E-state index is 0. The molecule has 2 unspecified atom stereocenters. The van der Waals surface area contributed by atoms with Crippen molar-refractivity contribution in [1.82, 2.24) is 0 Å². The fourth-order valence-electron chi connectivity index (χ4n) is 3.59. The van der Waals surface area contributed by atoms with Gasteiger partial charge in [-0.3, -0.25) is 9.59 Å². The molecule has 4 nitrogen and oxygen atoms in total. The Morgan fingerprint density at radius 2 is 1.93 bits per heavy atom. The molecule has 147 valence electrons. The minimum Gasteiger partial charge on any atom is -0.392 e. The predicted molar refractivity (Wildman–Crippen MR) is 102 cm³/mol. The summed E-state index contributed by atoms with van der Waals surface area (Å²) >= 11 is 0. The van der Waals surface area contributed by atoms with Gasteiger partial charge in [0.15, 0.2) is 5.78 Å². The van der Waals surface area contributed by atoms with E-state index in [0.29, 0.717) is 25.2 Å². The van der Waals surface area contributed by atoms with Gasteiger partial charge < -0.3 is 16.8 Å². The van der Waals surface area contributed by atoms with Gasteiger partial charge in [0.05, 0.1) is 18.6 Å². The predicted octanol–water partition coefficient (Wildman–Crippen LogP) is 4.11. The van der Waals surface area contributed by atoms with Crippen molar-refractivity contribution in [3.05, 3.63) is 42.3 Å². The second-order valence-corrected chi connectivity index (χ2v) is 7.15. The van der Waals surface area contributed by atoms with Crippen molar-refractivity contribution in [3.63, 3.8) is 0 Å². The summed E-state index contributed by atoms with van der Waals surface area (Å²) in [5.74, 6) is -0.370. The Labute approximate surface area is 188 Å². The Morgan fingerprint density at radius 3 is 2.56 bits per heavy atom. The molecule has 1 fully saturated rings. The smallest absolute Gasteiger partial charge is 0.162 e. The second kappa shape index (κ2) is 12.9. The zero-order chi connectivity index (χ0) is 18.9. The molecule has 1 aliphatic rings. The Balaban J connectivity index is 0.00000364. The van der Waals surface area contributed by atoms with Gasteiger partial charge in [-0.25, -0.2) is 0 Å². The van der Waals surface area contributed by atoms with Gasteiger partial charge in [0.25, 0.3) is 0 Å². The first-order valence-corrected chi connectivity index (χ1v) is 9.79. The fourth-order valence-corrected chi connectivity index (χ4v) is 3.59. The van der Waals surface area contributed by atoms with Crippen molar-refractivity contribution in [3.8, 4) is 0 Å². The number of hydrogen-bond donors (Lipinski definition) is 1. The third-order valence-corrected chi connectivity index (χ3v) is 5.13. The van der Waals surface area contributed by atoms with Gasteiger partial charge in [0.2, 0.25) is 0 Å². The molecule has 0 aliphatic heterocycles. The van der Waals surface area contributed by atoms with Gasteiger partial charge in [-0.1, -0.05) is 50.5 Å². The molecule has 1 aliphatic carbocycles. The monoisotopic (exact) mass is 448 g/mol. The van der Waals surface area contributed by atoms with Crippen molar-refractivity contribution >= 4 is 11.6 Å². The van der Waals surface area contributed by atoms with Gasteiger partial charge in [-0.2, -0.15) is 6.42 Å². The number of benzene rings is 1. The molecule has 0 amide bonds. The first kappa shape index (κ1) is 24.6. The number of rotatable bonds is 11. The summed E-state index contributed by atoms with van der Waals surface area (Å²) < 4.78 is 5.62. The third kappa shape index (κ3) is 7.16. The molecule has 0 aromatic heterocycles. The number of aliphatic hydroxyl groups excluding tert-OH is 1. The summed E-state index contributed by atoms with van der Waals surface area (Å²) in [6.45, 7) is 6.81. The Morgan fingerprint density at radius 1 is 1.22 bits per heavy atom. The number of ether oxygens (including phenoxy) is 1. The standard InChI is InChI=1S/C22H31O4.Y/c1-3-5-7-8-19(23)16-9-11-17(12-10-16)22-18(15-26-13-6-4-2)20(24)14-21(22)25;/h9-12,18,21-22,25H,2-8,13-15H2,1H3;/q-1;/t18?,21-,22?;/m1./s1. The largest absolute Gasteiger partial charge is 0.392 e. The topological polar surface area (TPSA) is 63.6 Å². The van der Waals surface area contributed by atoms with E-state index in [9.17, 15) is 14.7 Å². The van der Waals surface area contributed by atoms with Crippen LogP contribution in [0.5, 0.6) is 0 Å². The van der Waals surface area contributed by atoms with Crippen molar-refractivity contribution in [2.45, 2.75) is 63.9 Å². The van der Waals surface area contributed by atoms with Gasteiger partial charge in [0, 0.05) is 63.6 Å². The Hall–Kier alpha value is -0.416. The fraction of sp³-hybridized carbons (Fsp3) is 0.591. The molecular formula is C22H31O4Y-. The summed E-state index contributed by atoms with van der Waals surface area (Å²) in [5.41, 5.74) is 1.60. The van der Waals surface area contributed by atoms with E-state index in [0.717, 1.165) is 37.7 Å². The molecule has 0 heterocycles. The maximum atomic E-state index is 12.2. The van der Waals surface area contributed by atoms with Crippen molar-refractivity contribution < 1.29 is 52.1 Å². The molecule has 0 bridgehead atoms. The van der Waals surface area contributed by atoms with Crippen LogP contribution in [0.3, 0.4) is 0 Å². The van der Waals surface area contributed by atoms with Crippen LogP contribution in [0.4, 0.5) is 0 Å². The molecule has 27 heavy (non-hydrogen) atoms. The van der Waals surface area contributed by atoms with Crippen LogP contribution in [0.1, 0.15) is 73.7 Å². The summed E-state index contributed by atoms with van der Waals surface area (Å²) in [4.78, 5) is 24.5. The van der Waals surface area contributed by atoms with Crippen molar-refractivity contribution in [2.75, 3.05) is 13.2 Å². The van der Waals surface area contributed by atoms with E-state index in [2.05, 4.69) is 13.8 Å². The van der Waals surface area contributed by atoms with Gasteiger partial charge in [-0.05, 0) is 12.0 Å². The SMILES string of the molecule is [CH2-]CCCOCC1C(=O)C[C@@H](O)C1c1ccc(C(=O)CCCCC)cc1.[Y]. The summed E-state index contributed by atoms with van der Waals surface area (Å²) in [7, 11) is 0. The number of hydrogen-bond acceptors (Lipinski definition) is 4. The molecule has 2 rings (SSSR count). The van der Waals surface area contributed by atoms with Crippen LogP contribution in [0, 0.1) is 12.8 Å². The number of carbonyl (C=O) groups excluding carboxylic acids is 2. The number of aliphatic hydroxyl groups is 1. The number of ketones is 2. The summed E-state index contributed by atoms with van der Waals surface area (Å²) in [6, 6.07) is 7.39. The first-order chi connectivity index (χ1) is 12.6. The van der Waals surface area contributed by atoms with E-state index in [1.165, 1.54) is 0 Å². The maximum absolute atomic E-state index is 12.2. The van der Waals surface area contributed by atoms with Crippen LogP contribution in [0.15, 0.2) is 24.3 Å². The zero-order valence-electron chi connectivity index (χ0n) is 16.4. The maximum Gasteiger partial charge on any atom is 0.162 e. The molecule has 1 aromatic carbocycles. The molecule has 3 atom stereocenters. The molecule has 0 saturated heterocycles. The third-order valence-electron chi connectivity index (χ3n) is 5.13. The summed E-state index contributed by atoms with van der Waals surface area (Å²) in [6.07, 6.45) is 4.80. The normalized spacial score (nSPS) is 21.9. The number of carbonyl (C=O) groups is 2. The van der Waals surface area contributed by atoms with Gasteiger partial charge >= 0.3 is 0 Å². The second-order valence-electron chi connectivity index (χ2n) is 7.15. The molecule has 5 heteroatoms. The molecule has 1 saturated carbocycles. The minimum atomic E-state index is -0.685. The van der Waals surface area contributed by atoms with E-state index < -0.39 is 6.10 Å². The van der Waals surface area contributed by atoms with Crippen LogP contribution in [0.25, 0.3) is 0 Å². The van der Waals surface area contributed by atoms with Crippen molar-refractivity contribution in [1.29, 1.82) is 0 Å². The summed E-state index contributed by atoms with van der Waals surface area (Å²) in [5, 5.41) is 10.4. The zero-order valence-corrected chi connectivity index (χ0v) is 19.2. The van der Waals surface area contributed by atoms with Gasteiger partial charge in [0.1, 0.15) is 5.78 Å². The number of unbranched alkanes of at least 4 members (excludes halogenated alkanes) is 3. The van der Waals surface area contributed by atoms with Crippen molar-refractivity contribution in [2.24, 2.45) is 5.92 Å². The first-order valence-electron chi connectivity index (χ1n) is 9.79. The van der Waals surface area contributed by atoms with E-state index in [1.807, 2.05) is 24.3 Å². The molecular weight excluding hydrogens is 417 g/mol. The quantitative estimate of drug-likeness (QED) is 0.314.